The molecule has 122 valence electrons. The molecule has 4 nitrogen and oxygen atoms in total. The maximum atomic E-state index is 13.6. The molecule has 0 saturated heterocycles. The van der Waals surface area contributed by atoms with Crippen molar-refractivity contribution in [2.24, 2.45) is 0 Å². The van der Waals surface area contributed by atoms with E-state index in [9.17, 15) is 27.2 Å². The first kappa shape index (κ1) is 18.2. The van der Waals surface area contributed by atoms with Crippen LogP contribution in [-0.2, 0) is 9.59 Å². The van der Waals surface area contributed by atoms with Gasteiger partial charge in [-0.15, -0.1) is 0 Å². The van der Waals surface area contributed by atoms with Crippen molar-refractivity contribution in [1.82, 2.24) is 0 Å². The molecule has 0 aromatic heterocycles. The number of anilines is 1. The highest BCUT2D eigenvalue weighted by atomic mass is 35.5. The van der Waals surface area contributed by atoms with Crippen LogP contribution in [-0.4, -0.2) is 24.0 Å². The summed E-state index contributed by atoms with van der Waals surface area (Å²) in [6.45, 7) is 3.36. The number of amides is 1. The van der Waals surface area contributed by atoms with E-state index >= 15 is 0 Å². The lowest BCUT2D eigenvalue weighted by Gasteiger charge is -2.14. The number of halogens is 5. The van der Waals surface area contributed by atoms with Crippen LogP contribution in [0.2, 0.25) is 5.02 Å². The monoisotopic (exact) mass is 341 g/mol. The van der Waals surface area contributed by atoms with Gasteiger partial charge in [0.1, 0.15) is 11.6 Å². The minimum absolute atomic E-state index is 0.0514. The standard InChI is InChI=1S/C13H12ClF4NO3/c1-6(2)22-10-4-9(8(15)3-7(10)14)19-12(21)5-11(20)13(16,17)18/h3-4,6H,5H2,1-2H3,(H,19,21). The molecule has 0 saturated carbocycles. The first-order valence-electron chi connectivity index (χ1n) is 6.06. The summed E-state index contributed by atoms with van der Waals surface area (Å²) in [7, 11) is 0. The van der Waals surface area contributed by atoms with Crippen LogP contribution in [0.4, 0.5) is 23.2 Å². The maximum absolute atomic E-state index is 13.6. The van der Waals surface area contributed by atoms with Crippen LogP contribution in [0.5, 0.6) is 5.75 Å². The molecule has 0 atom stereocenters. The van der Waals surface area contributed by atoms with E-state index in [0.29, 0.717) is 0 Å². The molecule has 0 aliphatic carbocycles. The van der Waals surface area contributed by atoms with Crippen molar-refractivity contribution in [2.75, 3.05) is 5.32 Å². The first-order valence-corrected chi connectivity index (χ1v) is 6.44. The van der Waals surface area contributed by atoms with Gasteiger partial charge in [-0.25, -0.2) is 4.39 Å². The minimum atomic E-state index is -5.12. The molecule has 0 aliphatic heterocycles. The van der Waals surface area contributed by atoms with Crippen molar-refractivity contribution in [3.05, 3.63) is 23.0 Å². The summed E-state index contributed by atoms with van der Waals surface area (Å²) in [6.07, 6.45) is -6.85. The van der Waals surface area contributed by atoms with Crippen molar-refractivity contribution < 1.29 is 31.9 Å². The summed E-state index contributed by atoms with van der Waals surface area (Å²) in [4.78, 5) is 22.1. The molecule has 1 N–H and O–H groups in total. The smallest absolute Gasteiger partial charge is 0.450 e. The fourth-order valence-electron chi connectivity index (χ4n) is 1.41. The maximum Gasteiger partial charge on any atom is 0.450 e. The number of alkyl halides is 3. The van der Waals surface area contributed by atoms with Crippen molar-refractivity contribution in [1.29, 1.82) is 0 Å². The molecule has 0 bridgehead atoms. The van der Waals surface area contributed by atoms with Gasteiger partial charge in [-0.05, 0) is 19.9 Å². The van der Waals surface area contributed by atoms with Gasteiger partial charge in [-0.3, -0.25) is 9.59 Å². The predicted molar refractivity (Wildman–Crippen MR) is 71.5 cm³/mol. The number of ether oxygens (including phenoxy) is 1. The number of Topliss-reactive ketones (excluding diaryl/α,β-unsaturated/α-hetero) is 1. The number of carbonyl (C=O) groups is 2. The van der Waals surface area contributed by atoms with E-state index in [2.05, 4.69) is 0 Å². The highest BCUT2D eigenvalue weighted by Gasteiger charge is 2.39. The van der Waals surface area contributed by atoms with Crippen LogP contribution in [0, 0.1) is 5.82 Å². The lowest BCUT2D eigenvalue weighted by molar-refractivity contribution is -0.171. The number of nitrogens with one attached hydrogen (secondary N) is 1. The molecule has 22 heavy (non-hydrogen) atoms. The fraction of sp³-hybridized carbons (Fsp3) is 0.385. The summed E-state index contributed by atoms with van der Waals surface area (Å²) in [5.74, 6) is -4.43. The Hall–Kier alpha value is -1.83. The van der Waals surface area contributed by atoms with Gasteiger partial charge in [0.2, 0.25) is 11.7 Å². The molecular weight excluding hydrogens is 330 g/mol. The van der Waals surface area contributed by atoms with Gasteiger partial charge in [-0.1, -0.05) is 11.6 Å². The average molecular weight is 342 g/mol. The van der Waals surface area contributed by atoms with Crippen molar-refractivity contribution in [2.45, 2.75) is 32.5 Å². The van der Waals surface area contributed by atoms with Gasteiger partial charge < -0.3 is 10.1 Å². The Bertz CT molecular complexity index is 587. The molecule has 1 amide bonds. The lowest BCUT2D eigenvalue weighted by atomic mass is 10.2. The van der Waals surface area contributed by atoms with E-state index in [1.54, 1.807) is 13.8 Å². The van der Waals surface area contributed by atoms with Crippen molar-refractivity contribution in [3.8, 4) is 5.75 Å². The van der Waals surface area contributed by atoms with Crippen LogP contribution >= 0.6 is 11.6 Å². The third-order valence-corrected chi connectivity index (χ3v) is 2.59. The largest absolute Gasteiger partial charge is 0.489 e. The second-order valence-electron chi connectivity index (χ2n) is 4.57. The van der Waals surface area contributed by atoms with E-state index in [1.807, 2.05) is 5.32 Å². The Morgan fingerprint density at radius 3 is 2.41 bits per heavy atom. The number of hydrogen-bond acceptors (Lipinski definition) is 3. The van der Waals surface area contributed by atoms with Gasteiger partial charge in [0.25, 0.3) is 0 Å². The molecule has 0 heterocycles. The third kappa shape index (κ3) is 5.18. The zero-order valence-electron chi connectivity index (χ0n) is 11.6. The van der Waals surface area contributed by atoms with Crippen LogP contribution in [0.1, 0.15) is 20.3 Å². The Kier molecular flexibility index (Phi) is 5.76. The summed E-state index contributed by atoms with van der Waals surface area (Å²) in [6, 6.07) is 1.88. The zero-order chi connectivity index (χ0) is 17.1. The topological polar surface area (TPSA) is 55.4 Å². The van der Waals surface area contributed by atoms with Gasteiger partial charge >= 0.3 is 6.18 Å². The van der Waals surface area contributed by atoms with Crippen LogP contribution in [0.15, 0.2) is 12.1 Å². The molecule has 1 aromatic rings. The van der Waals surface area contributed by atoms with Gasteiger partial charge in [0.05, 0.1) is 23.2 Å². The number of benzene rings is 1. The number of rotatable bonds is 5. The SMILES string of the molecule is CC(C)Oc1cc(NC(=O)CC(=O)C(F)(F)F)c(F)cc1Cl. The molecule has 0 fully saturated rings. The predicted octanol–water partition coefficient (Wildman–Crippen LogP) is 3.73. The molecule has 1 rings (SSSR count). The van der Waals surface area contributed by atoms with Gasteiger partial charge in [0.15, 0.2) is 0 Å². The highest BCUT2D eigenvalue weighted by molar-refractivity contribution is 6.32. The van der Waals surface area contributed by atoms with Gasteiger partial charge in [-0.2, -0.15) is 13.2 Å². The first-order chi connectivity index (χ1) is 10.0. The Morgan fingerprint density at radius 1 is 1.32 bits per heavy atom. The number of ketones is 1. The van der Waals surface area contributed by atoms with Crippen molar-refractivity contribution in [3.63, 3.8) is 0 Å². The molecule has 9 heteroatoms. The number of hydrogen-bond donors (Lipinski definition) is 1. The van der Waals surface area contributed by atoms with Gasteiger partial charge in [0, 0.05) is 6.07 Å². The van der Waals surface area contributed by atoms with E-state index < -0.39 is 35.8 Å². The summed E-state index contributed by atoms with van der Waals surface area (Å²) in [5.41, 5.74) is -0.431. The quantitative estimate of drug-likeness (QED) is 0.656. The summed E-state index contributed by atoms with van der Waals surface area (Å²) >= 11 is 5.75. The van der Waals surface area contributed by atoms with Crippen LogP contribution in [0.3, 0.4) is 0 Å². The van der Waals surface area contributed by atoms with Crippen molar-refractivity contribution >= 4 is 29.0 Å². The normalized spacial score (nSPS) is 11.5. The summed E-state index contributed by atoms with van der Waals surface area (Å²) in [5, 5.41) is 1.82. The Morgan fingerprint density at radius 2 is 1.91 bits per heavy atom. The van der Waals surface area contributed by atoms with E-state index in [0.717, 1.165) is 12.1 Å². The zero-order valence-corrected chi connectivity index (χ0v) is 12.3. The van der Waals surface area contributed by atoms with Crippen LogP contribution in [0.25, 0.3) is 0 Å². The summed E-state index contributed by atoms with van der Waals surface area (Å²) < 4.78 is 55.0. The highest BCUT2D eigenvalue weighted by Crippen LogP contribution is 2.31. The molecular formula is C13H12ClF4NO3. The Balaban J connectivity index is 2.89. The number of carbonyl (C=O) groups excluding carboxylic acids is 2. The van der Waals surface area contributed by atoms with E-state index in [1.165, 1.54) is 0 Å². The molecule has 0 aliphatic rings. The second kappa shape index (κ2) is 6.95. The minimum Gasteiger partial charge on any atom is -0.489 e. The molecule has 1 aromatic carbocycles. The van der Waals surface area contributed by atoms with Crippen LogP contribution < -0.4 is 10.1 Å². The second-order valence-corrected chi connectivity index (χ2v) is 4.98. The molecule has 0 unspecified atom stereocenters. The van der Waals surface area contributed by atoms with E-state index in [4.69, 9.17) is 16.3 Å². The Labute approximate surface area is 128 Å². The fourth-order valence-corrected chi connectivity index (χ4v) is 1.60. The molecule has 0 spiro atoms. The average Bonchev–Trinajstić information content (AvgIpc) is 2.33. The lowest BCUT2D eigenvalue weighted by Crippen LogP contribution is -2.28. The van der Waals surface area contributed by atoms with E-state index in [-0.39, 0.29) is 16.9 Å². The third-order valence-electron chi connectivity index (χ3n) is 2.30. The molecule has 0 radical (unpaired) electrons.